The molecule has 0 aliphatic carbocycles. The molecule has 3 N–H and O–H groups in total. The number of nitrogens with one attached hydrogen (secondary N) is 1. The monoisotopic (exact) mass is 467 g/mol. The van der Waals surface area contributed by atoms with Gasteiger partial charge in [0, 0.05) is 11.3 Å². The molecule has 0 radical (unpaired) electrons. The normalized spacial score (nSPS) is 11.4. The second-order valence-electron chi connectivity index (χ2n) is 4.71. The number of hydrogen-bond donors (Lipinski definition) is 2. The van der Waals surface area contributed by atoms with Crippen LogP contribution < -0.4 is 20.5 Å². The largest absolute Gasteiger partial charge is 0.573 e. The molecule has 5 nitrogen and oxygen atoms in total. The molecule has 9 heteroatoms. The average molecular weight is 467 g/mol. The van der Waals surface area contributed by atoms with Crippen LogP contribution in [0.5, 0.6) is 11.5 Å². The molecule has 0 saturated carbocycles. The van der Waals surface area contributed by atoms with Crippen molar-refractivity contribution < 1.29 is 22.6 Å². The lowest BCUT2D eigenvalue weighted by atomic mass is 10.2. The number of methoxy groups -OCH3 is 1. The third-order valence-electron chi connectivity index (χ3n) is 2.97. The first-order chi connectivity index (χ1) is 11.4. The highest BCUT2D eigenvalue weighted by Crippen LogP contribution is 2.24. The van der Waals surface area contributed by atoms with E-state index in [4.69, 9.17) is 10.5 Å². The van der Waals surface area contributed by atoms with Crippen LogP contribution in [0.1, 0.15) is 5.56 Å². The lowest BCUT2D eigenvalue weighted by Gasteiger charge is -2.10. The van der Waals surface area contributed by atoms with E-state index < -0.39 is 6.36 Å². The second kappa shape index (κ2) is 9.35. The van der Waals surface area contributed by atoms with Crippen LogP contribution in [0, 0.1) is 0 Å². The third-order valence-corrected chi connectivity index (χ3v) is 2.97. The number of halogens is 4. The van der Waals surface area contributed by atoms with Crippen LogP contribution in [0.25, 0.3) is 0 Å². The number of rotatable bonds is 5. The fraction of sp³-hybridized carbons (Fsp3) is 0.188. The lowest BCUT2D eigenvalue weighted by Crippen LogP contribution is -2.22. The van der Waals surface area contributed by atoms with E-state index >= 15 is 0 Å². The summed E-state index contributed by atoms with van der Waals surface area (Å²) in [6.07, 6.45) is -4.72. The molecule has 0 saturated heterocycles. The zero-order chi connectivity index (χ0) is 17.6. The number of ether oxygens (including phenoxy) is 2. The Morgan fingerprint density at radius 2 is 1.76 bits per heavy atom. The Labute approximate surface area is 160 Å². The van der Waals surface area contributed by atoms with E-state index in [2.05, 4.69) is 15.0 Å². The molecule has 0 amide bonds. The summed E-state index contributed by atoms with van der Waals surface area (Å²) >= 11 is 0. The molecule has 0 spiro atoms. The second-order valence-corrected chi connectivity index (χ2v) is 4.71. The van der Waals surface area contributed by atoms with Crippen LogP contribution in [-0.2, 0) is 6.54 Å². The van der Waals surface area contributed by atoms with Gasteiger partial charge in [-0.25, -0.2) is 4.99 Å². The van der Waals surface area contributed by atoms with Crippen molar-refractivity contribution in [3.8, 4) is 11.5 Å². The molecule has 136 valence electrons. The summed E-state index contributed by atoms with van der Waals surface area (Å²) in [5.74, 6) is 0.519. The van der Waals surface area contributed by atoms with Gasteiger partial charge in [-0.15, -0.1) is 37.1 Å². The van der Waals surface area contributed by atoms with E-state index in [1.165, 1.54) is 24.3 Å². The predicted octanol–water partition coefficient (Wildman–Crippen LogP) is 4.14. The maximum absolute atomic E-state index is 12.1. The molecule has 0 aliphatic rings. The lowest BCUT2D eigenvalue weighted by molar-refractivity contribution is -0.274. The Bertz CT molecular complexity index is 707. The van der Waals surface area contributed by atoms with Gasteiger partial charge in [0.05, 0.1) is 13.7 Å². The highest BCUT2D eigenvalue weighted by atomic mass is 127. The number of alkyl halides is 3. The molecule has 0 bridgehead atoms. The molecular weight excluding hydrogens is 450 g/mol. The zero-order valence-electron chi connectivity index (χ0n) is 13.2. The maximum Gasteiger partial charge on any atom is 0.573 e. The first-order valence-corrected chi connectivity index (χ1v) is 6.92. The Kier molecular flexibility index (Phi) is 7.81. The summed E-state index contributed by atoms with van der Waals surface area (Å²) in [5.41, 5.74) is 7.12. The van der Waals surface area contributed by atoms with Gasteiger partial charge >= 0.3 is 6.36 Å². The predicted molar refractivity (Wildman–Crippen MR) is 100 cm³/mol. The number of aliphatic imine (C=N–C) groups is 1. The molecule has 2 aromatic carbocycles. The number of hydrogen-bond acceptors (Lipinski definition) is 3. The van der Waals surface area contributed by atoms with Crippen molar-refractivity contribution in [1.29, 1.82) is 0 Å². The minimum Gasteiger partial charge on any atom is -0.496 e. The number of nitrogens with zero attached hydrogens (tertiary/aromatic N) is 1. The number of guanidine groups is 1. The van der Waals surface area contributed by atoms with Crippen LogP contribution in [0.4, 0.5) is 18.9 Å². The Morgan fingerprint density at radius 1 is 1.12 bits per heavy atom. The smallest absolute Gasteiger partial charge is 0.496 e. The van der Waals surface area contributed by atoms with Crippen molar-refractivity contribution in [2.45, 2.75) is 12.9 Å². The van der Waals surface area contributed by atoms with Gasteiger partial charge in [0.1, 0.15) is 11.5 Å². The number of benzene rings is 2. The van der Waals surface area contributed by atoms with Gasteiger partial charge in [0.2, 0.25) is 0 Å². The van der Waals surface area contributed by atoms with Gasteiger partial charge in [0.25, 0.3) is 0 Å². The van der Waals surface area contributed by atoms with Crippen LogP contribution in [0.2, 0.25) is 0 Å². The topological polar surface area (TPSA) is 68.9 Å². The Hall–Kier alpha value is -2.17. The molecule has 0 aromatic heterocycles. The average Bonchev–Trinajstić information content (AvgIpc) is 2.53. The highest BCUT2D eigenvalue weighted by molar-refractivity contribution is 14.0. The number of anilines is 1. The number of nitrogens with two attached hydrogens (primary N) is 1. The van der Waals surface area contributed by atoms with Crippen LogP contribution in [0.15, 0.2) is 53.5 Å². The summed E-state index contributed by atoms with van der Waals surface area (Å²) in [6.45, 7) is 0.304. The summed E-state index contributed by atoms with van der Waals surface area (Å²) < 4.78 is 45.3. The van der Waals surface area contributed by atoms with E-state index in [1.54, 1.807) is 7.11 Å². The van der Waals surface area contributed by atoms with Crippen molar-refractivity contribution in [2.24, 2.45) is 10.7 Å². The Balaban J connectivity index is 0.00000312. The fourth-order valence-electron chi connectivity index (χ4n) is 1.93. The summed E-state index contributed by atoms with van der Waals surface area (Å²) in [6, 6.07) is 12.6. The van der Waals surface area contributed by atoms with Crippen molar-refractivity contribution >= 4 is 35.6 Å². The molecule has 0 heterocycles. The highest BCUT2D eigenvalue weighted by Gasteiger charge is 2.30. The number of para-hydroxylation sites is 1. The molecule has 0 fully saturated rings. The molecule has 0 aliphatic heterocycles. The van der Waals surface area contributed by atoms with Gasteiger partial charge < -0.3 is 20.5 Å². The van der Waals surface area contributed by atoms with Crippen molar-refractivity contribution in [3.63, 3.8) is 0 Å². The molecule has 0 unspecified atom stereocenters. The SMILES string of the molecule is COc1ccccc1CN=C(N)Nc1ccc(OC(F)(F)F)cc1.I. The Morgan fingerprint density at radius 3 is 2.36 bits per heavy atom. The minimum absolute atomic E-state index is 0. The van der Waals surface area contributed by atoms with Gasteiger partial charge in [-0.1, -0.05) is 18.2 Å². The molecule has 0 atom stereocenters. The van der Waals surface area contributed by atoms with Gasteiger partial charge in [0.15, 0.2) is 5.96 Å². The van der Waals surface area contributed by atoms with Crippen molar-refractivity contribution in [3.05, 3.63) is 54.1 Å². The van der Waals surface area contributed by atoms with Gasteiger partial charge in [-0.3, -0.25) is 0 Å². The maximum atomic E-state index is 12.1. The van der Waals surface area contributed by atoms with Crippen LogP contribution in [-0.4, -0.2) is 19.4 Å². The fourth-order valence-corrected chi connectivity index (χ4v) is 1.93. The minimum atomic E-state index is -4.72. The standard InChI is InChI=1S/C16H16F3N3O2.HI/c1-23-14-5-3-2-4-11(14)10-21-15(20)22-12-6-8-13(9-7-12)24-16(17,18)19;/h2-9H,10H2,1H3,(H3,20,21,22);1H. The van der Waals surface area contributed by atoms with Crippen molar-refractivity contribution in [1.82, 2.24) is 0 Å². The van der Waals surface area contributed by atoms with E-state index in [1.807, 2.05) is 24.3 Å². The molecular formula is C16H17F3IN3O2. The first kappa shape index (κ1) is 20.9. The van der Waals surface area contributed by atoms with E-state index in [0.717, 1.165) is 5.56 Å². The van der Waals surface area contributed by atoms with E-state index in [9.17, 15) is 13.2 Å². The van der Waals surface area contributed by atoms with Crippen molar-refractivity contribution in [2.75, 3.05) is 12.4 Å². The first-order valence-electron chi connectivity index (χ1n) is 6.92. The van der Waals surface area contributed by atoms with Crippen LogP contribution in [0.3, 0.4) is 0 Å². The molecule has 2 rings (SSSR count). The van der Waals surface area contributed by atoms with E-state index in [0.29, 0.717) is 18.0 Å². The van der Waals surface area contributed by atoms with Crippen LogP contribution >= 0.6 is 24.0 Å². The molecule has 2 aromatic rings. The summed E-state index contributed by atoms with van der Waals surface area (Å²) in [7, 11) is 1.56. The van der Waals surface area contributed by atoms with Gasteiger partial charge in [-0.2, -0.15) is 0 Å². The van der Waals surface area contributed by atoms with E-state index in [-0.39, 0.29) is 35.7 Å². The summed E-state index contributed by atoms with van der Waals surface area (Å²) in [5, 5.41) is 2.79. The third kappa shape index (κ3) is 7.08. The quantitative estimate of drug-likeness (QED) is 0.394. The zero-order valence-corrected chi connectivity index (χ0v) is 15.5. The summed E-state index contributed by atoms with van der Waals surface area (Å²) in [4.78, 5) is 4.17. The van der Waals surface area contributed by atoms with Gasteiger partial charge in [-0.05, 0) is 30.3 Å². The molecule has 25 heavy (non-hydrogen) atoms.